The van der Waals surface area contributed by atoms with Crippen LogP contribution in [0.25, 0.3) is 6.08 Å². The molecule has 0 unspecified atom stereocenters. The highest BCUT2D eigenvalue weighted by Crippen LogP contribution is 2.35. The largest absolute Gasteiger partial charge is 0.493 e. The van der Waals surface area contributed by atoms with Crippen LogP contribution in [0.15, 0.2) is 50.9 Å². The van der Waals surface area contributed by atoms with Gasteiger partial charge in [0, 0.05) is 8.95 Å². The molecule has 150 valence electrons. The molecule has 0 saturated carbocycles. The number of anilines is 1. The summed E-state index contributed by atoms with van der Waals surface area (Å²) >= 11 is 6.72. The number of urea groups is 1. The molecular formula is C20H16Br2N2O5. The van der Waals surface area contributed by atoms with Crippen molar-refractivity contribution in [1.82, 2.24) is 5.32 Å². The molecule has 1 fully saturated rings. The lowest BCUT2D eigenvalue weighted by Gasteiger charge is -2.26. The molecule has 0 radical (unpaired) electrons. The van der Waals surface area contributed by atoms with Gasteiger partial charge in [-0.25, -0.2) is 9.69 Å². The lowest BCUT2D eigenvalue weighted by atomic mass is 10.1. The number of methoxy groups -OCH3 is 1. The van der Waals surface area contributed by atoms with Crippen molar-refractivity contribution in [3.8, 4) is 11.5 Å². The van der Waals surface area contributed by atoms with Gasteiger partial charge < -0.3 is 9.47 Å². The van der Waals surface area contributed by atoms with Crippen molar-refractivity contribution in [3.05, 3.63) is 56.5 Å². The Morgan fingerprint density at radius 1 is 1.07 bits per heavy atom. The van der Waals surface area contributed by atoms with E-state index in [0.717, 1.165) is 9.37 Å². The highest BCUT2D eigenvalue weighted by molar-refractivity contribution is 9.10. The quantitative estimate of drug-likeness (QED) is 0.467. The standard InChI is InChI=1S/C20H16Br2N2O5/c1-3-29-17-9-11(15(22)10-16(17)28-2)8-14-18(25)23-20(27)24(19(14)26)13-6-4-12(21)5-7-13/h4-10H,3H2,1-2H3,(H,23,25,27)/b14-8+. The van der Waals surface area contributed by atoms with E-state index < -0.39 is 17.8 Å². The lowest BCUT2D eigenvalue weighted by molar-refractivity contribution is -0.122. The minimum absolute atomic E-state index is 0.180. The molecule has 1 saturated heterocycles. The van der Waals surface area contributed by atoms with Crippen LogP contribution in [0.1, 0.15) is 12.5 Å². The van der Waals surface area contributed by atoms with Gasteiger partial charge in [-0.3, -0.25) is 14.9 Å². The number of barbiturate groups is 1. The number of nitrogens with zero attached hydrogens (tertiary/aromatic N) is 1. The van der Waals surface area contributed by atoms with Crippen LogP contribution in [0.4, 0.5) is 10.5 Å². The van der Waals surface area contributed by atoms with E-state index in [-0.39, 0.29) is 5.57 Å². The molecule has 0 spiro atoms. The van der Waals surface area contributed by atoms with E-state index in [0.29, 0.717) is 33.8 Å². The van der Waals surface area contributed by atoms with Crippen molar-refractivity contribution in [2.45, 2.75) is 6.92 Å². The van der Waals surface area contributed by atoms with Crippen LogP contribution in [0.2, 0.25) is 0 Å². The number of nitrogens with one attached hydrogen (secondary N) is 1. The minimum atomic E-state index is -0.803. The number of halogens is 2. The average Bonchev–Trinajstić information content (AvgIpc) is 2.68. The molecule has 1 aliphatic rings. The normalized spacial score (nSPS) is 15.5. The third kappa shape index (κ3) is 4.35. The number of imide groups is 2. The summed E-state index contributed by atoms with van der Waals surface area (Å²) in [6.07, 6.45) is 1.40. The van der Waals surface area contributed by atoms with Gasteiger partial charge in [0.1, 0.15) is 5.57 Å². The molecule has 2 aromatic rings. The molecule has 2 aromatic carbocycles. The van der Waals surface area contributed by atoms with E-state index in [1.54, 1.807) is 36.4 Å². The third-order valence-corrected chi connectivity index (χ3v) is 5.28. The van der Waals surface area contributed by atoms with Crippen LogP contribution < -0.4 is 19.7 Å². The van der Waals surface area contributed by atoms with Gasteiger partial charge >= 0.3 is 6.03 Å². The SMILES string of the molecule is CCOc1cc(/C=C2\C(=O)NC(=O)N(c3ccc(Br)cc3)C2=O)c(Br)cc1OC. The van der Waals surface area contributed by atoms with Crippen molar-refractivity contribution >= 4 is 61.5 Å². The van der Waals surface area contributed by atoms with Gasteiger partial charge in [-0.05, 0) is 55.0 Å². The maximum Gasteiger partial charge on any atom is 0.335 e. The van der Waals surface area contributed by atoms with Gasteiger partial charge in [-0.1, -0.05) is 31.9 Å². The zero-order valence-corrected chi connectivity index (χ0v) is 18.7. The summed E-state index contributed by atoms with van der Waals surface area (Å²) in [4.78, 5) is 38.5. The molecule has 9 heteroatoms. The number of hydrogen-bond acceptors (Lipinski definition) is 5. The summed E-state index contributed by atoms with van der Waals surface area (Å²) in [6, 6.07) is 9.13. The van der Waals surface area contributed by atoms with Crippen LogP contribution in [0, 0.1) is 0 Å². The Bertz CT molecular complexity index is 1020. The van der Waals surface area contributed by atoms with E-state index in [4.69, 9.17) is 9.47 Å². The van der Waals surface area contributed by atoms with Crippen LogP contribution >= 0.6 is 31.9 Å². The molecule has 0 aliphatic carbocycles. The second kappa shape index (κ2) is 8.79. The van der Waals surface area contributed by atoms with Crippen molar-refractivity contribution < 1.29 is 23.9 Å². The molecule has 7 nitrogen and oxygen atoms in total. The monoisotopic (exact) mass is 522 g/mol. The molecule has 1 aliphatic heterocycles. The molecule has 1 heterocycles. The Hall–Kier alpha value is -2.65. The van der Waals surface area contributed by atoms with E-state index in [1.165, 1.54) is 13.2 Å². The smallest absolute Gasteiger partial charge is 0.335 e. The number of hydrogen-bond donors (Lipinski definition) is 1. The number of rotatable bonds is 5. The zero-order valence-electron chi connectivity index (χ0n) is 15.5. The Balaban J connectivity index is 2.05. The molecule has 1 N–H and O–H groups in total. The van der Waals surface area contributed by atoms with Gasteiger partial charge in [0.05, 0.1) is 19.4 Å². The van der Waals surface area contributed by atoms with Crippen molar-refractivity contribution in [3.63, 3.8) is 0 Å². The Morgan fingerprint density at radius 2 is 1.76 bits per heavy atom. The lowest BCUT2D eigenvalue weighted by Crippen LogP contribution is -2.54. The number of carbonyl (C=O) groups is 3. The highest BCUT2D eigenvalue weighted by atomic mass is 79.9. The van der Waals surface area contributed by atoms with Crippen LogP contribution in [0.3, 0.4) is 0 Å². The first kappa shape index (κ1) is 21.1. The minimum Gasteiger partial charge on any atom is -0.493 e. The third-order valence-electron chi connectivity index (χ3n) is 4.07. The first-order valence-electron chi connectivity index (χ1n) is 8.53. The van der Waals surface area contributed by atoms with Gasteiger partial charge in [0.2, 0.25) is 0 Å². The predicted octanol–water partition coefficient (Wildman–Crippen LogP) is 4.29. The Kier molecular flexibility index (Phi) is 6.39. The molecule has 0 atom stereocenters. The molecule has 0 aromatic heterocycles. The summed E-state index contributed by atoms with van der Waals surface area (Å²) in [5.74, 6) is -0.516. The Morgan fingerprint density at radius 3 is 2.38 bits per heavy atom. The van der Waals surface area contributed by atoms with Gasteiger partial charge in [-0.15, -0.1) is 0 Å². The van der Waals surface area contributed by atoms with E-state index in [1.807, 2.05) is 6.92 Å². The van der Waals surface area contributed by atoms with Crippen molar-refractivity contribution in [1.29, 1.82) is 0 Å². The van der Waals surface area contributed by atoms with Gasteiger partial charge in [0.25, 0.3) is 11.8 Å². The van der Waals surface area contributed by atoms with E-state index >= 15 is 0 Å². The fraction of sp³-hybridized carbons (Fsp3) is 0.150. The van der Waals surface area contributed by atoms with Gasteiger partial charge in [-0.2, -0.15) is 0 Å². The second-order valence-electron chi connectivity index (χ2n) is 5.89. The average molecular weight is 524 g/mol. The summed E-state index contributed by atoms with van der Waals surface area (Å²) in [7, 11) is 1.52. The summed E-state index contributed by atoms with van der Waals surface area (Å²) in [5, 5.41) is 2.20. The topological polar surface area (TPSA) is 84.9 Å². The fourth-order valence-electron chi connectivity index (χ4n) is 2.73. The molecular weight excluding hydrogens is 508 g/mol. The van der Waals surface area contributed by atoms with E-state index in [2.05, 4.69) is 37.2 Å². The highest BCUT2D eigenvalue weighted by Gasteiger charge is 2.37. The van der Waals surface area contributed by atoms with Crippen molar-refractivity contribution in [2.24, 2.45) is 0 Å². The first-order chi connectivity index (χ1) is 13.8. The van der Waals surface area contributed by atoms with Crippen LogP contribution in [-0.2, 0) is 9.59 Å². The van der Waals surface area contributed by atoms with Crippen LogP contribution in [-0.4, -0.2) is 31.6 Å². The number of ether oxygens (including phenoxy) is 2. The maximum absolute atomic E-state index is 13.0. The molecule has 3 rings (SSSR count). The summed E-state index contributed by atoms with van der Waals surface area (Å²) in [5.41, 5.74) is 0.691. The number of amides is 4. The predicted molar refractivity (Wildman–Crippen MR) is 115 cm³/mol. The zero-order chi connectivity index (χ0) is 21.1. The summed E-state index contributed by atoms with van der Waals surface area (Å²) < 4.78 is 12.2. The number of carbonyl (C=O) groups excluding carboxylic acids is 3. The van der Waals surface area contributed by atoms with E-state index in [9.17, 15) is 14.4 Å². The van der Waals surface area contributed by atoms with Gasteiger partial charge in [0.15, 0.2) is 11.5 Å². The van der Waals surface area contributed by atoms with Crippen LogP contribution in [0.5, 0.6) is 11.5 Å². The molecule has 0 bridgehead atoms. The van der Waals surface area contributed by atoms with Crippen molar-refractivity contribution in [2.75, 3.05) is 18.6 Å². The maximum atomic E-state index is 13.0. The Labute approximate surface area is 183 Å². The number of benzene rings is 2. The fourth-order valence-corrected chi connectivity index (χ4v) is 3.43. The second-order valence-corrected chi connectivity index (χ2v) is 7.66. The summed E-state index contributed by atoms with van der Waals surface area (Å²) in [6.45, 7) is 2.25. The molecule has 4 amide bonds. The first-order valence-corrected chi connectivity index (χ1v) is 10.1. The molecule has 29 heavy (non-hydrogen) atoms.